The highest BCUT2D eigenvalue weighted by Crippen LogP contribution is 2.16. The molecule has 0 spiro atoms. The SMILES string of the molecule is CCCCCCCCCCCCCCCCCCCCCCCCCCCCC[O]. The van der Waals surface area contributed by atoms with E-state index in [0.717, 1.165) is 12.8 Å². The second-order valence-electron chi connectivity index (χ2n) is 9.90. The summed E-state index contributed by atoms with van der Waals surface area (Å²) in [6.07, 6.45) is 38.2. The molecular weight excluding hydrogens is 364 g/mol. The molecule has 0 aromatic carbocycles. The summed E-state index contributed by atoms with van der Waals surface area (Å²) in [5, 5.41) is 10.4. The Balaban J connectivity index is 2.97. The Labute approximate surface area is 192 Å². The Bertz CT molecular complexity index is 248. The summed E-state index contributed by atoms with van der Waals surface area (Å²) in [6, 6.07) is 0. The van der Waals surface area contributed by atoms with Gasteiger partial charge in [0.2, 0.25) is 0 Å². The van der Waals surface area contributed by atoms with Crippen LogP contribution in [0.1, 0.15) is 180 Å². The van der Waals surface area contributed by atoms with Gasteiger partial charge >= 0.3 is 0 Å². The van der Waals surface area contributed by atoms with E-state index in [1.54, 1.807) is 0 Å². The third kappa shape index (κ3) is 28.0. The average Bonchev–Trinajstić information content (AvgIpc) is 2.76. The maximum absolute atomic E-state index is 10.4. The third-order valence-electron chi connectivity index (χ3n) is 6.75. The van der Waals surface area contributed by atoms with Crippen molar-refractivity contribution in [3.05, 3.63) is 0 Å². The van der Waals surface area contributed by atoms with Crippen LogP contribution < -0.4 is 0 Å². The van der Waals surface area contributed by atoms with Gasteiger partial charge in [-0.25, -0.2) is 5.11 Å². The smallest absolute Gasteiger partial charge is 0.0822 e. The van der Waals surface area contributed by atoms with E-state index in [9.17, 15) is 5.11 Å². The van der Waals surface area contributed by atoms with Crippen molar-refractivity contribution in [2.24, 2.45) is 0 Å². The van der Waals surface area contributed by atoms with Crippen LogP contribution in [-0.4, -0.2) is 6.61 Å². The van der Waals surface area contributed by atoms with Crippen LogP contribution in [0.4, 0.5) is 0 Å². The molecule has 0 aromatic heterocycles. The molecule has 0 unspecified atom stereocenters. The summed E-state index contributed by atoms with van der Waals surface area (Å²) in [6.45, 7) is 2.42. The van der Waals surface area contributed by atoms with Crippen molar-refractivity contribution in [3.63, 3.8) is 0 Å². The molecule has 181 valence electrons. The Morgan fingerprint density at radius 2 is 0.433 bits per heavy atom. The van der Waals surface area contributed by atoms with Gasteiger partial charge in [0.05, 0.1) is 6.61 Å². The summed E-state index contributed by atoms with van der Waals surface area (Å²) in [4.78, 5) is 0. The number of unbranched alkanes of at least 4 members (excludes halogenated alkanes) is 26. The molecule has 30 heavy (non-hydrogen) atoms. The molecule has 0 aliphatic rings. The zero-order chi connectivity index (χ0) is 21.8. The molecular formula is C29H59O. The lowest BCUT2D eigenvalue weighted by atomic mass is 10.0. The van der Waals surface area contributed by atoms with Crippen molar-refractivity contribution in [2.75, 3.05) is 6.61 Å². The van der Waals surface area contributed by atoms with Gasteiger partial charge in [-0.15, -0.1) is 0 Å². The summed E-state index contributed by atoms with van der Waals surface area (Å²) >= 11 is 0. The summed E-state index contributed by atoms with van der Waals surface area (Å²) in [7, 11) is 0. The molecule has 0 N–H and O–H groups in total. The fourth-order valence-corrected chi connectivity index (χ4v) is 4.59. The van der Waals surface area contributed by atoms with Crippen LogP contribution in [0.5, 0.6) is 0 Å². The molecule has 0 heterocycles. The predicted molar refractivity (Wildman–Crippen MR) is 136 cm³/mol. The fourth-order valence-electron chi connectivity index (χ4n) is 4.59. The molecule has 0 amide bonds. The van der Waals surface area contributed by atoms with E-state index in [1.165, 1.54) is 161 Å². The van der Waals surface area contributed by atoms with Gasteiger partial charge in [-0.2, -0.15) is 0 Å². The summed E-state index contributed by atoms with van der Waals surface area (Å²) < 4.78 is 0. The van der Waals surface area contributed by atoms with Gasteiger partial charge < -0.3 is 0 Å². The van der Waals surface area contributed by atoms with Gasteiger partial charge in [0.1, 0.15) is 0 Å². The van der Waals surface area contributed by atoms with Crippen LogP contribution in [0.25, 0.3) is 0 Å². The minimum atomic E-state index is 0.124. The minimum absolute atomic E-state index is 0.124. The van der Waals surface area contributed by atoms with Crippen LogP contribution in [-0.2, 0) is 5.11 Å². The highest BCUT2D eigenvalue weighted by Gasteiger charge is 1.96. The topological polar surface area (TPSA) is 19.9 Å². The van der Waals surface area contributed by atoms with E-state index in [0.29, 0.717) is 0 Å². The summed E-state index contributed by atoms with van der Waals surface area (Å²) in [5.41, 5.74) is 0. The Hall–Kier alpha value is -0.0400. The normalized spacial score (nSPS) is 11.4. The molecule has 0 saturated heterocycles. The van der Waals surface area contributed by atoms with E-state index < -0.39 is 0 Å². The molecule has 1 radical (unpaired) electrons. The lowest BCUT2D eigenvalue weighted by molar-refractivity contribution is 0.186. The van der Waals surface area contributed by atoms with Crippen molar-refractivity contribution < 1.29 is 5.11 Å². The first kappa shape index (κ1) is 30.0. The monoisotopic (exact) mass is 423 g/mol. The number of hydrogen-bond donors (Lipinski definition) is 0. The molecule has 0 atom stereocenters. The van der Waals surface area contributed by atoms with E-state index in [2.05, 4.69) is 6.92 Å². The molecule has 0 aromatic rings. The Morgan fingerprint density at radius 3 is 0.600 bits per heavy atom. The molecule has 1 heteroatoms. The Kier molecular flexibility index (Phi) is 28.9. The van der Waals surface area contributed by atoms with Gasteiger partial charge in [0.25, 0.3) is 0 Å². The van der Waals surface area contributed by atoms with Crippen LogP contribution in [0.15, 0.2) is 0 Å². The molecule has 0 bridgehead atoms. The molecule has 0 aliphatic heterocycles. The molecule has 1 nitrogen and oxygen atoms in total. The zero-order valence-corrected chi connectivity index (χ0v) is 21.2. The number of hydrogen-bond acceptors (Lipinski definition) is 0. The summed E-state index contributed by atoms with van der Waals surface area (Å²) in [5.74, 6) is 0. The van der Waals surface area contributed by atoms with E-state index in [4.69, 9.17) is 0 Å². The maximum atomic E-state index is 10.4. The van der Waals surface area contributed by atoms with E-state index in [1.807, 2.05) is 0 Å². The van der Waals surface area contributed by atoms with E-state index in [-0.39, 0.29) is 6.61 Å². The second-order valence-corrected chi connectivity index (χ2v) is 9.90. The van der Waals surface area contributed by atoms with Crippen molar-refractivity contribution in [2.45, 2.75) is 180 Å². The molecule has 0 rings (SSSR count). The molecule has 0 fully saturated rings. The largest absolute Gasteiger partial charge is 0.237 e. The first-order valence-corrected chi connectivity index (χ1v) is 14.5. The Morgan fingerprint density at radius 1 is 0.267 bits per heavy atom. The van der Waals surface area contributed by atoms with Crippen molar-refractivity contribution in [1.82, 2.24) is 0 Å². The lowest BCUT2D eigenvalue weighted by Crippen LogP contribution is -1.85. The van der Waals surface area contributed by atoms with Gasteiger partial charge in [0, 0.05) is 0 Å². The highest BCUT2D eigenvalue weighted by molar-refractivity contribution is 4.52. The van der Waals surface area contributed by atoms with Crippen LogP contribution >= 0.6 is 0 Å². The predicted octanol–water partition coefficient (Wildman–Crippen LogP) is 11.0. The van der Waals surface area contributed by atoms with E-state index >= 15 is 0 Å². The van der Waals surface area contributed by atoms with Crippen LogP contribution in [0.2, 0.25) is 0 Å². The second kappa shape index (κ2) is 29.0. The first-order valence-electron chi connectivity index (χ1n) is 14.5. The fraction of sp³-hybridized carbons (Fsp3) is 1.00. The minimum Gasteiger partial charge on any atom is -0.237 e. The lowest BCUT2D eigenvalue weighted by Gasteiger charge is -2.04. The molecule has 0 saturated carbocycles. The average molecular weight is 424 g/mol. The molecule has 0 aliphatic carbocycles. The van der Waals surface area contributed by atoms with Crippen LogP contribution in [0.3, 0.4) is 0 Å². The van der Waals surface area contributed by atoms with Gasteiger partial charge in [0.15, 0.2) is 0 Å². The van der Waals surface area contributed by atoms with Gasteiger partial charge in [-0.1, -0.05) is 174 Å². The quantitative estimate of drug-likeness (QED) is 0.117. The van der Waals surface area contributed by atoms with Gasteiger partial charge in [-0.3, -0.25) is 0 Å². The van der Waals surface area contributed by atoms with Crippen molar-refractivity contribution in [3.8, 4) is 0 Å². The first-order chi connectivity index (χ1) is 14.9. The van der Waals surface area contributed by atoms with Gasteiger partial charge in [-0.05, 0) is 6.42 Å². The van der Waals surface area contributed by atoms with Crippen LogP contribution in [0, 0.1) is 0 Å². The van der Waals surface area contributed by atoms with Crippen molar-refractivity contribution >= 4 is 0 Å². The standard InChI is InChI=1S/C29H59O/c1-2-3-4-5-6-7-8-9-10-11-12-13-14-15-16-17-18-19-20-21-22-23-24-25-26-27-28-29-30/h2-29H2,1H3. The maximum Gasteiger partial charge on any atom is 0.0822 e. The highest BCUT2D eigenvalue weighted by atomic mass is 16.2. The van der Waals surface area contributed by atoms with Crippen molar-refractivity contribution in [1.29, 1.82) is 0 Å². The third-order valence-corrected chi connectivity index (χ3v) is 6.75. The number of rotatable bonds is 27. The zero-order valence-electron chi connectivity index (χ0n) is 21.2.